The van der Waals surface area contributed by atoms with Crippen LogP contribution in [0.2, 0.25) is 0 Å². The molecule has 0 saturated carbocycles. The lowest BCUT2D eigenvalue weighted by Crippen LogP contribution is -2.39. The Balaban J connectivity index is 1.46. The average Bonchev–Trinajstić information content (AvgIpc) is 3.00. The van der Waals surface area contributed by atoms with Gasteiger partial charge in [-0.1, -0.05) is 72.3 Å². The highest BCUT2D eigenvalue weighted by molar-refractivity contribution is 5.96. The van der Waals surface area contributed by atoms with Crippen LogP contribution < -0.4 is 14.2 Å². The molecule has 6 heteroatoms. The molecular weight excluding hydrogens is 512 g/mol. The van der Waals surface area contributed by atoms with Crippen molar-refractivity contribution in [1.82, 2.24) is 9.80 Å². The zero-order valence-corrected chi connectivity index (χ0v) is 25.0. The zero-order valence-electron chi connectivity index (χ0n) is 25.0. The molecule has 6 nitrogen and oxygen atoms in total. The maximum atomic E-state index is 13.9. The summed E-state index contributed by atoms with van der Waals surface area (Å²) in [5, 5.41) is 0. The van der Waals surface area contributed by atoms with Crippen LogP contribution in [-0.4, -0.2) is 69.8 Å². The number of rotatable bonds is 13. The Labute approximate surface area is 245 Å². The van der Waals surface area contributed by atoms with Crippen molar-refractivity contribution in [1.29, 1.82) is 0 Å². The van der Waals surface area contributed by atoms with E-state index < -0.39 is 0 Å². The Morgan fingerprint density at radius 1 is 0.951 bits per heavy atom. The molecule has 1 aliphatic rings. The summed E-state index contributed by atoms with van der Waals surface area (Å²) in [4.78, 5) is 18.5. The molecule has 0 aliphatic carbocycles. The van der Waals surface area contributed by atoms with E-state index in [1.807, 2.05) is 23.1 Å². The van der Waals surface area contributed by atoms with Crippen molar-refractivity contribution in [3.05, 3.63) is 95.1 Å². The van der Waals surface area contributed by atoms with E-state index in [9.17, 15) is 4.79 Å². The molecule has 0 aromatic heterocycles. The van der Waals surface area contributed by atoms with Crippen LogP contribution in [-0.2, 0) is 6.42 Å². The summed E-state index contributed by atoms with van der Waals surface area (Å²) in [6.07, 6.45) is 6.69. The van der Waals surface area contributed by atoms with Crippen molar-refractivity contribution in [2.24, 2.45) is 5.92 Å². The van der Waals surface area contributed by atoms with Crippen LogP contribution in [0.4, 0.5) is 0 Å². The Kier molecular flexibility index (Phi) is 11.3. The minimum Gasteiger partial charge on any atom is -0.493 e. The molecule has 0 N–H and O–H groups in total. The fourth-order valence-corrected chi connectivity index (χ4v) is 5.77. The van der Waals surface area contributed by atoms with E-state index >= 15 is 0 Å². The predicted octanol–water partition coefficient (Wildman–Crippen LogP) is 6.60. The Morgan fingerprint density at radius 2 is 1.61 bits per heavy atom. The predicted molar refractivity (Wildman–Crippen MR) is 166 cm³/mol. The van der Waals surface area contributed by atoms with E-state index in [0.29, 0.717) is 41.8 Å². The fraction of sp³-hybridized carbons (Fsp3) is 0.400. The lowest BCUT2D eigenvalue weighted by atomic mass is 9.91. The van der Waals surface area contributed by atoms with Gasteiger partial charge in [0, 0.05) is 25.2 Å². The lowest BCUT2D eigenvalue weighted by molar-refractivity contribution is 0.0757. The molecule has 0 spiro atoms. The average molecular weight is 557 g/mol. The maximum absolute atomic E-state index is 13.9. The van der Waals surface area contributed by atoms with E-state index in [1.165, 1.54) is 18.4 Å². The van der Waals surface area contributed by atoms with Crippen molar-refractivity contribution < 1.29 is 19.0 Å². The van der Waals surface area contributed by atoms with Gasteiger partial charge in [-0.25, -0.2) is 0 Å². The van der Waals surface area contributed by atoms with Gasteiger partial charge in [0.25, 0.3) is 5.91 Å². The smallest absolute Gasteiger partial charge is 0.254 e. The number of benzene rings is 3. The minimum atomic E-state index is -0.0503. The standard InChI is InChI=1S/C35H44N2O4/c1-27(21-28-13-7-5-8-14-28)25-37(35(38)31-23-32(39-2)34(41-4)33(24-31)40-3)20-12-19-36-18-11-17-30(26-36)22-29-15-9-6-10-16-29/h5-10,13-16,21,23-24,30H,11-12,17-20,22,25-26H2,1-4H3. The maximum Gasteiger partial charge on any atom is 0.254 e. The second-order valence-corrected chi connectivity index (χ2v) is 10.9. The van der Waals surface area contributed by atoms with Gasteiger partial charge in [-0.2, -0.15) is 0 Å². The summed E-state index contributed by atoms with van der Waals surface area (Å²) in [6.45, 7) is 6.51. The molecule has 1 aliphatic heterocycles. The number of amides is 1. The number of carbonyl (C=O) groups excluding carboxylic acids is 1. The lowest BCUT2D eigenvalue weighted by Gasteiger charge is -2.33. The van der Waals surface area contributed by atoms with Crippen LogP contribution in [0.1, 0.15) is 47.7 Å². The van der Waals surface area contributed by atoms with Crippen molar-refractivity contribution in [3.8, 4) is 17.2 Å². The van der Waals surface area contributed by atoms with Crippen LogP contribution in [0.5, 0.6) is 17.2 Å². The molecule has 1 fully saturated rings. The number of likely N-dealkylation sites (tertiary alicyclic amines) is 1. The highest BCUT2D eigenvalue weighted by Crippen LogP contribution is 2.38. The number of carbonyl (C=O) groups is 1. The van der Waals surface area contributed by atoms with Crippen LogP contribution in [0, 0.1) is 5.92 Å². The minimum absolute atomic E-state index is 0.0503. The van der Waals surface area contributed by atoms with Crippen LogP contribution in [0.15, 0.2) is 78.4 Å². The second-order valence-electron chi connectivity index (χ2n) is 10.9. The number of hydrogen-bond acceptors (Lipinski definition) is 5. The number of hydrogen-bond donors (Lipinski definition) is 0. The number of ether oxygens (including phenoxy) is 3. The largest absolute Gasteiger partial charge is 0.493 e. The Bertz CT molecular complexity index is 1250. The van der Waals surface area contributed by atoms with Crippen molar-refractivity contribution in [3.63, 3.8) is 0 Å². The molecule has 1 amide bonds. The second kappa shape index (κ2) is 15.3. The van der Waals surface area contributed by atoms with Crippen LogP contribution in [0.25, 0.3) is 6.08 Å². The highest BCUT2D eigenvalue weighted by atomic mass is 16.5. The monoisotopic (exact) mass is 556 g/mol. The molecule has 4 rings (SSSR count). The third-order valence-corrected chi connectivity index (χ3v) is 7.72. The number of nitrogens with zero attached hydrogens (tertiary/aromatic N) is 2. The highest BCUT2D eigenvalue weighted by Gasteiger charge is 2.23. The number of methoxy groups -OCH3 is 3. The summed E-state index contributed by atoms with van der Waals surface area (Å²) >= 11 is 0. The van der Waals surface area contributed by atoms with E-state index in [-0.39, 0.29) is 5.91 Å². The van der Waals surface area contributed by atoms with Crippen LogP contribution in [0.3, 0.4) is 0 Å². The Morgan fingerprint density at radius 3 is 2.24 bits per heavy atom. The molecule has 1 atom stereocenters. The summed E-state index contributed by atoms with van der Waals surface area (Å²) in [5.74, 6) is 2.06. The summed E-state index contributed by atoms with van der Waals surface area (Å²) in [5.41, 5.74) is 4.19. The van der Waals surface area contributed by atoms with Gasteiger partial charge in [0.15, 0.2) is 11.5 Å². The molecule has 0 radical (unpaired) electrons. The van der Waals surface area contributed by atoms with E-state index in [4.69, 9.17) is 14.2 Å². The van der Waals surface area contributed by atoms with Gasteiger partial charge in [0.05, 0.1) is 21.3 Å². The quantitative estimate of drug-likeness (QED) is 0.237. The molecule has 3 aromatic carbocycles. The first-order valence-corrected chi connectivity index (χ1v) is 14.6. The number of piperidine rings is 1. The molecule has 1 saturated heterocycles. The molecule has 0 bridgehead atoms. The summed E-state index contributed by atoms with van der Waals surface area (Å²) in [7, 11) is 4.70. The molecular formula is C35H44N2O4. The van der Waals surface area contributed by atoms with E-state index in [0.717, 1.165) is 43.6 Å². The van der Waals surface area contributed by atoms with Crippen molar-refractivity contribution >= 4 is 12.0 Å². The van der Waals surface area contributed by atoms with E-state index in [1.54, 1.807) is 33.5 Å². The molecule has 1 unspecified atom stereocenters. The van der Waals surface area contributed by atoms with Crippen molar-refractivity contribution in [2.45, 2.75) is 32.6 Å². The van der Waals surface area contributed by atoms with Crippen molar-refractivity contribution in [2.75, 3.05) is 54.1 Å². The summed E-state index contributed by atoms with van der Waals surface area (Å²) in [6, 6.07) is 24.5. The van der Waals surface area contributed by atoms with Gasteiger partial charge in [-0.3, -0.25) is 4.79 Å². The summed E-state index contributed by atoms with van der Waals surface area (Å²) < 4.78 is 16.5. The van der Waals surface area contributed by atoms with E-state index in [2.05, 4.69) is 60.4 Å². The molecule has 3 aromatic rings. The van der Waals surface area contributed by atoms with Gasteiger partial charge < -0.3 is 24.0 Å². The van der Waals surface area contributed by atoms with Gasteiger partial charge in [-0.15, -0.1) is 0 Å². The zero-order chi connectivity index (χ0) is 29.0. The molecule has 41 heavy (non-hydrogen) atoms. The third-order valence-electron chi connectivity index (χ3n) is 7.72. The van der Waals surface area contributed by atoms with Gasteiger partial charge in [-0.05, 0) is 74.9 Å². The topological polar surface area (TPSA) is 51.2 Å². The first kappa shape index (κ1) is 30.2. The van der Waals surface area contributed by atoms with Gasteiger partial charge in [0.2, 0.25) is 5.75 Å². The molecule has 1 heterocycles. The van der Waals surface area contributed by atoms with Crippen LogP contribution >= 0.6 is 0 Å². The fourth-order valence-electron chi connectivity index (χ4n) is 5.77. The molecule has 218 valence electrons. The Hall–Kier alpha value is -3.77. The first-order chi connectivity index (χ1) is 20.0. The van der Waals surface area contributed by atoms with Gasteiger partial charge >= 0.3 is 0 Å². The third kappa shape index (κ3) is 8.61. The first-order valence-electron chi connectivity index (χ1n) is 14.6. The normalized spacial score (nSPS) is 15.8. The van der Waals surface area contributed by atoms with Gasteiger partial charge in [0.1, 0.15) is 0 Å². The SMILES string of the molecule is COc1cc(C(=O)N(CCCN2CCCC(Cc3ccccc3)C2)CC(C)=Cc2ccccc2)cc(OC)c1OC.